The second-order valence-electron chi connectivity index (χ2n) is 3.39. The minimum atomic E-state index is 0.299. The molecule has 2 N–H and O–H groups in total. The number of anilines is 1. The topological polar surface area (TPSA) is 78.8 Å². The minimum absolute atomic E-state index is 0.299. The molecule has 0 aliphatic rings. The van der Waals surface area contributed by atoms with Crippen LogP contribution in [-0.4, -0.2) is 32.9 Å². The third-order valence-electron chi connectivity index (χ3n) is 1.78. The van der Waals surface area contributed by atoms with Crippen LogP contribution >= 0.6 is 0 Å². The average molecular weight is 199 g/mol. The summed E-state index contributed by atoms with van der Waals surface area (Å²) >= 11 is 0. The van der Waals surface area contributed by atoms with Gasteiger partial charge in [0.15, 0.2) is 0 Å². The van der Waals surface area contributed by atoms with E-state index in [0.717, 1.165) is 26.0 Å². The SMILES string of the molecule is CC(C)OCCCCn1nnnc1N. The number of hydrogen-bond acceptors (Lipinski definition) is 5. The van der Waals surface area contributed by atoms with Gasteiger partial charge in [0.1, 0.15) is 0 Å². The molecule has 0 saturated heterocycles. The number of unbranched alkanes of at least 4 members (excludes halogenated alkanes) is 1. The number of hydrogen-bond donors (Lipinski definition) is 1. The summed E-state index contributed by atoms with van der Waals surface area (Å²) in [5.41, 5.74) is 5.50. The van der Waals surface area contributed by atoms with E-state index in [1.54, 1.807) is 4.68 Å². The van der Waals surface area contributed by atoms with E-state index in [2.05, 4.69) is 15.5 Å². The predicted octanol–water partition coefficient (Wildman–Crippen LogP) is 0.461. The monoisotopic (exact) mass is 199 g/mol. The van der Waals surface area contributed by atoms with Crippen molar-refractivity contribution in [2.45, 2.75) is 39.3 Å². The second-order valence-corrected chi connectivity index (χ2v) is 3.39. The van der Waals surface area contributed by atoms with Crippen molar-refractivity contribution in [2.75, 3.05) is 12.3 Å². The van der Waals surface area contributed by atoms with Crippen LogP contribution in [0.3, 0.4) is 0 Å². The molecule has 1 heterocycles. The number of nitrogens with two attached hydrogens (primary N) is 1. The standard InChI is InChI=1S/C8H17N5O/c1-7(2)14-6-4-3-5-13-8(9)10-11-12-13/h7H,3-6H2,1-2H3,(H2,9,10,12). The first-order valence-electron chi connectivity index (χ1n) is 4.83. The Bertz CT molecular complexity index is 260. The average Bonchev–Trinajstić information content (AvgIpc) is 2.51. The molecule has 14 heavy (non-hydrogen) atoms. The summed E-state index contributed by atoms with van der Waals surface area (Å²) < 4.78 is 6.99. The second kappa shape index (κ2) is 5.54. The molecular weight excluding hydrogens is 182 g/mol. The Morgan fingerprint density at radius 2 is 2.21 bits per heavy atom. The zero-order chi connectivity index (χ0) is 10.4. The third-order valence-corrected chi connectivity index (χ3v) is 1.78. The Morgan fingerprint density at radius 1 is 1.43 bits per heavy atom. The normalized spacial score (nSPS) is 11.1. The lowest BCUT2D eigenvalue weighted by Crippen LogP contribution is -2.08. The van der Waals surface area contributed by atoms with Gasteiger partial charge in [-0.3, -0.25) is 0 Å². The van der Waals surface area contributed by atoms with E-state index in [1.807, 2.05) is 13.8 Å². The summed E-state index contributed by atoms with van der Waals surface area (Å²) in [6.45, 7) is 5.58. The van der Waals surface area contributed by atoms with E-state index in [1.165, 1.54) is 0 Å². The van der Waals surface area contributed by atoms with Crippen LogP contribution in [0.5, 0.6) is 0 Å². The molecule has 6 nitrogen and oxygen atoms in total. The summed E-state index contributed by atoms with van der Waals surface area (Å²) in [6, 6.07) is 0. The fraction of sp³-hybridized carbons (Fsp3) is 0.875. The van der Waals surface area contributed by atoms with Gasteiger partial charge >= 0.3 is 0 Å². The van der Waals surface area contributed by atoms with Gasteiger partial charge in [0.05, 0.1) is 6.10 Å². The third kappa shape index (κ3) is 3.69. The van der Waals surface area contributed by atoms with Gasteiger partial charge < -0.3 is 10.5 Å². The zero-order valence-corrected chi connectivity index (χ0v) is 8.68. The maximum atomic E-state index is 5.50. The largest absolute Gasteiger partial charge is 0.379 e. The highest BCUT2D eigenvalue weighted by Gasteiger charge is 2.00. The number of tetrazole rings is 1. The predicted molar refractivity (Wildman–Crippen MR) is 52.6 cm³/mol. The van der Waals surface area contributed by atoms with Crippen LogP contribution < -0.4 is 5.73 Å². The van der Waals surface area contributed by atoms with Crippen molar-refractivity contribution in [3.63, 3.8) is 0 Å². The number of nitrogens with zero attached hydrogens (tertiary/aromatic N) is 4. The molecule has 1 aromatic rings. The number of rotatable bonds is 6. The molecule has 6 heteroatoms. The van der Waals surface area contributed by atoms with Gasteiger partial charge in [0, 0.05) is 13.2 Å². The molecule has 0 aromatic carbocycles. The van der Waals surface area contributed by atoms with Gasteiger partial charge in [-0.2, -0.15) is 0 Å². The van der Waals surface area contributed by atoms with Gasteiger partial charge in [-0.25, -0.2) is 4.68 Å². The van der Waals surface area contributed by atoms with E-state index in [4.69, 9.17) is 10.5 Å². The fourth-order valence-electron chi connectivity index (χ4n) is 1.05. The molecule has 0 aliphatic carbocycles. The molecule has 0 aliphatic heterocycles. The molecule has 0 bridgehead atoms. The van der Waals surface area contributed by atoms with Crippen molar-refractivity contribution in [3.05, 3.63) is 0 Å². The van der Waals surface area contributed by atoms with E-state index in [9.17, 15) is 0 Å². The Labute approximate surface area is 83.4 Å². The Kier molecular flexibility index (Phi) is 4.31. The summed E-state index contributed by atoms with van der Waals surface area (Å²) in [4.78, 5) is 0. The van der Waals surface area contributed by atoms with Crippen molar-refractivity contribution < 1.29 is 4.74 Å². The quantitative estimate of drug-likeness (QED) is 0.673. The van der Waals surface area contributed by atoms with Crippen molar-refractivity contribution in [1.29, 1.82) is 0 Å². The summed E-state index contributed by atoms with van der Waals surface area (Å²) in [7, 11) is 0. The first-order chi connectivity index (χ1) is 6.70. The van der Waals surface area contributed by atoms with E-state index in [-0.39, 0.29) is 0 Å². The number of nitrogen functional groups attached to an aromatic ring is 1. The Morgan fingerprint density at radius 3 is 2.79 bits per heavy atom. The van der Waals surface area contributed by atoms with Crippen LogP contribution in [0.1, 0.15) is 26.7 Å². The molecule has 0 fully saturated rings. The highest BCUT2D eigenvalue weighted by molar-refractivity contribution is 5.09. The van der Waals surface area contributed by atoms with Crippen LogP contribution in [0.25, 0.3) is 0 Å². The molecule has 0 atom stereocenters. The van der Waals surface area contributed by atoms with Gasteiger partial charge in [0.25, 0.3) is 0 Å². The van der Waals surface area contributed by atoms with Gasteiger partial charge in [0.2, 0.25) is 5.95 Å². The van der Waals surface area contributed by atoms with E-state index >= 15 is 0 Å². The molecule has 1 rings (SSSR count). The molecule has 1 aromatic heterocycles. The lowest BCUT2D eigenvalue weighted by atomic mass is 10.3. The smallest absolute Gasteiger partial charge is 0.240 e. The Balaban J connectivity index is 2.08. The van der Waals surface area contributed by atoms with Crippen LogP contribution in [-0.2, 0) is 11.3 Å². The van der Waals surface area contributed by atoms with E-state index < -0.39 is 0 Å². The van der Waals surface area contributed by atoms with Crippen LogP contribution in [0.15, 0.2) is 0 Å². The maximum absolute atomic E-state index is 5.50. The zero-order valence-electron chi connectivity index (χ0n) is 8.68. The van der Waals surface area contributed by atoms with Crippen molar-refractivity contribution in [3.8, 4) is 0 Å². The number of aryl methyl sites for hydroxylation is 1. The van der Waals surface area contributed by atoms with Gasteiger partial charge in [-0.05, 0) is 37.1 Å². The minimum Gasteiger partial charge on any atom is -0.379 e. The first kappa shape index (κ1) is 10.9. The first-order valence-corrected chi connectivity index (χ1v) is 4.83. The summed E-state index contributed by atoms with van der Waals surface area (Å²) in [6.07, 6.45) is 2.27. The molecular formula is C8H17N5O. The number of aromatic nitrogens is 4. The van der Waals surface area contributed by atoms with Crippen LogP contribution in [0.2, 0.25) is 0 Å². The maximum Gasteiger partial charge on any atom is 0.240 e. The Hall–Kier alpha value is -1.17. The van der Waals surface area contributed by atoms with Gasteiger partial charge in [-0.15, -0.1) is 0 Å². The molecule has 0 spiro atoms. The lowest BCUT2D eigenvalue weighted by molar-refractivity contribution is 0.0753. The summed E-state index contributed by atoms with van der Waals surface area (Å²) in [5, 5.41) is 10.8. The summed E-state index contributed by atoms with van der Waals surface area (Å²) in [5.74, 6) is 0.370. The van der Waals surface area contributed by atoms with Crippen LogP contribution in [0, 0.1) is 0 Å². The highest BCUT2D eigenvalue weighted by Crippen LogP contribution is 1.99. The van der Waals surface area contributed by atoms with Crippen LogP contribution in [0.4, 0.5) is 5.95 Å². The van der Waals surface area contributed by atoms with Crippen molar-refractivity contribution in [2.24, 2.45) is 0 Å². The van der Waals surface area contributed by atoms with Crippen molar-refractivity contribution in [1.82, 2.24) is 20.2 Å². The molecule has 0 unspecified atom stereocenters. The lowest BCUT2D eigenvalue weighted by Gasteiger charge is -2.06. The highest BCUT2D eigenvalue weighted by atomic mass is 16.5. The van der Waals surface area contributed by atoms with Crippen molar-refractivity contribution >= 4 is 5.95 Å². The molecule has 0 amide bonds. The molecule has 80 valence electrons. The van der Waals surface area contributed by atoms with E-state index in [0.29, 0.717) is 12.1 Å². The molecule has 0 saturated carbocycles. The fourth-order valence-corrected chi connectivity index (χ4v) is 1.05. The molecule has 0 radical (unpaired) electrons. The van der Waals surface area contributed by atoms with Gasteiger partial charge in [-0.1, -0.05) is 5.10 Å². The number of ether oxygens (including phenoxy) is 1.